The molecule has 1 aromatic heterocycles. The largest absolute Gasteiger partial charge is 0.207 e. The van der Waals surface area contributed by atoms with Crippen molar-refractivity contribution >= 4 is 0 Å². The molecule has 0 atom stereocenters. The highest BCUT2D eigenvalue weighted by Crippen LogP contribution is 2.20. The van der Waals surface area contributed by atoms with E-state index in [1.54, 1.807) is 12.1 Å². The molecule has 4 rings (SSSR count). The predicted octanol–water partition coefficient (Wildman–Crippen LogP) is 4.19. The van der Waals surface area contributed by atoms with E-state index in [2.05, 4.69) is 39.7 Å². The standard InChI is InChI=1S/C20H15FN4/c21-19-8-4-7-18(13-19)20-22-24-25(23-20)14-15-9-11-17(12-10-15)16-5-2-1-3-6-16/h1-13H,14H2. The van der Waals surface area contributed by atoms with Gasteiger partial charge in [0.1, 0.15) is 5.82 Å². The molecular weight excluding hydrogens is 315 g/mol. The molecule has 0 amide bonds. The lowest BCUT2D eigenvalue weighted by atomic mass is 10.0. The van der Waals surface area contributed by atoms with Crippen LogP contribution in [0.25, 0.3) is 22.5 Å². The number of hydrogen-bond donors (Lipinski definition) is 0. The molecule has 0 unspecified atom stereocenters. The van der Waals surface area contributed by atoms with Gasteiger partial charge in [0, 0.05) is 5.56 Å². The first-order valence-corrected chi connectivity index (χ1v) is 7.96. The lowest BCUT2D eigenvalue weighted by Crippen LogP contribution is -2.03. The van der Waals surface area contributed by atoms with Gasteiger partial charge in [0.2, 0.25) is 5.82 Å². The van der Waals surface area contributed by atoms with Crippen molar-refractivity contribution in [3.63, 3.8) is 0 Å². The number of tetrazole rings is 1. The molecular formula is C20H15FN4. The minimum Gasteiger partial charge on any atom is -0.207 e. The van der Waals surface area contributed by atoms with E-state index in [1.807, 2.05) is 30.3 Å². The highest BCUT2D eigenvalue weighted by Gasteiger charge is 2.07. The van der Waals surface area contributed by atoms with Gasteiger partial charge in [0.15, 0.2) is 0 Å². The minimum absolute atomic E-state index is 0.314. The summed E-state index contributed by atoms with van der Waals surface area (Å²) in [7, 11) is 0. The summed E-state index contributed by atoms with van der Waals surface area (Å²) in [5, 5.41) is 12.4. The van der Waals surface area contributed by atoms with Gasteiger partial charge in [-0.15, -0.1) is 10.2 Å². The fourth-order valence-electron chi connectivity index (χ4n) is 2.65. The Balaban J connectivity index is 1.51. The Labute approximate surface area is 144 Å². The van der Waals surface area contributed by atoms with E-state index < -0.39 is 0 Å². The van der Waals surface area contributed by atoms with E-state index in [0.717, 1.165) is 11.1 Å². The number of hydrogen-bond acceptors (Lipinski definition) is 3. The molecule has 5 heteroatoms. The molecule has 0 spiro atoms. The average molecular weight is 330 g/mol. The third-order valence-electron chi connectivity index (χ3n) is 3.92. The van der Waals surface area contributed by atoms with Crippen LogP contribution in [0.3, 0.4) is 0 Å². The van der Waals surface area contributed by atoms with E-state index in [4.69, 9.17) is 0 Å². The molecule has 0 saturated carbocycles. The minimum atomic E-state index is -0.314. The van der Waals surface area contributed by atoms with Crippen LogP contribution in [0.5, 0.6) is 0 Å². The van der Waals surface area contributed by atoms with Gasteiger partial charge in [-0.05, 0) is 34.0 Å². The van der Waals surface area contributed by atoms with Crippen molar-refractivity contribution < 1.29 is 4.39 Å². The molecule has 0 radical (unpaired) electrons. The Bertz CT molecular complexity index is 978. The molecule has 1 heterocycles. The monoisotopic (exact) mass is 330 g/mol. The zero-order chi connectivity index (χ0) is 17.1. The van der Waals surface area contributed by atoms with Crippen LogP contribution in [0.4, 0.5) is 4.39 Å². The zero-order valence-electron chi connectivity index (χ0n) is 13.4. The van der Waals surface area contributed by atoms with Crippen LogP contribution < -0.4 is 0 Å². The first-order valence-electron chi connectivity index (χ1n) is 7.96. The zero-order valence-corrected chi connectivity index (χ0v) is 13.4. The summed E-state index contributed by atoms with van der Waals surface area (Å²) in [5.74, 6) is 0.103. The molecule has 3 aromatic carbocycles. The smallest absolute Gasteiger partial charge is 0.205 e. The van der Waals surface area contributed by atoms with Crippen LogP contribution in [0, 0.1) is 5.82 Å². The van der Waals surface area contributed by atoms with E-state index in [-0.39, 0.29) is 5.82 Å². The SMILES string of the molecule is Fc1cccc(-c2nnn(Cc3ccc(-c4ccccc4)cc3)n2)c1. The van der Waals surface area contributed by atoms with Crippen LogP contribution in [0.1, 0.15) is 5.56 Å². The second-order valence-electron chi connectivity index (χ2n) is 5.72. The van der Waals surface area contributed by atoms with Crippen molar-refractivity contribution in [1.82, 2.24) is 20.2 Å². The molecule has 0 aliphatic heterocycles. The van der Waals surface area contributed by atoms with Crippen molar-refractivity contribution in [1.29, 1.82) is 0 Å². The fourth-order valence-corrected chi connectivity index (χ4v) is 2.65. The molecule has 122 valence electrons. The maximum absolute atomic E-state index is 13.3. The molecule has 0 bridgehead atoms. The Kier molecular flexibility index (Phi) is 4.04. The maximum atomic E-state index is 13.3. The molecule has 0 saturated heterocycles. The van der Waals surface area contributed by atoms with Crippen molar-refractivity contribution in [3.05, 3.63) is 90.2 Å². The first-order chi connectivity index (χ1) is 12.3. The highest BCUT2D eigenvalue weighted by molar-refractivity contribution is 5.63. The van der Waals surface area contributed by atoms with Gasteiger partial charge < -0.3 is 0 Å². The summed E-state index contributed by atoms with van der Waals surface area (Å²) in [5.41, 5.74) is 4.03. The third-order valence-corrected chi connectivity index (χ3v) is 3.92. The van der Waals surface area contributed by atoms with Crippen molar-refractivity contribution in [2.24, 2.45) is 0 Å². The summed E-state index contributed by atoms with van der Waals surface area (Å²) in [4.78, 5) is 1.51. The summed E-state index contributed by atoms with van der Waals surface area (Å²) in [6.07, 6.45) is 0. The topological polar surface area (TPSA) is 43.6 Å². The summed E-state index contributed by atoms with van der Waals surface area (Å²) >= 11 is 0. The van der Waals surface area contributed by atoms with Gasteiger partial charge in [0.25, 0.3) is 0 Å². The first kappa shape index (κ1) is 15.2. The van der Waals surface area contributed by atoms with Gasteiger partial charge in [-0.3, -0.25) is 0 Å². The second kappa shape index (κ2) is 6.65. The molecule has 4 aromatic rings. The molecule has 0 aliphatic carbocycles. The van der Waals surface area contributed by atoms with Crippen molar-refractivity contribution in [3.8, 4) is 22.5 Å². The number of benzene rings is 3. The number of aromatic nitrogens is 4. The highest BCUT2D eigenvalue weighted by atomic mass is 19.1. The normalized spacial score (nSPS) is 10.8. The molecule has 25 heavy (non-hydrogen) atoms. The lowest BCUT2D eigenvalue weighted by Gasteiger charge is -2.04. The molecule has 0 fully saturated rings. The van der Waals surface area contributed by atoms with Gasteiger partial charge >= 0.3 is 0 Å². The fraction of sp³-hybridized carbons (Fsp3) is 0.0500. The third kappa shape index (κ3) is 3.45. The predicted molar refractivity (Wildman–Crippen MR) is 94.2 cm³/mol. The van der Waals surface area contributed by atoms with E-state index in [9.17, 15) is 4.39 Å². The van der Waals surface area contributed by atoms with Crippen molar-refractivity contribution in [2.45, 2.75) is 6.54 Å². The van der Waals surface area contributed by atoms with Gasteiger partial charge in [0.05, 0.1) is 6.54 Å². The Hall–Kier alpha value is -3.34. The van der Waals surface area contributed by atoms with E-state index in [1.165, 1.54) is 22.5 Å². The van der Waals surface area contributed by atoms with Gasteiger partial charge in [-0.2, -0.15) is 4.80 Å². The Morgan fingerprint density at radius 3 is 2.24 bits per heavy atom. The van der Waals surface area contributed by atoms with Gasteiger partial charge in [-0.1, -0.05) is 66.7 Å². The van der Waals surface area contributed by atoms with Crippen molar-refractivity contribution in [2.75, 3.05) is 0 Å². The Morgan fingerprint density at radius 2 is 1.48 bits per heavy atom. The molecule has 0 N–H and O–H groups in total. The van der Waals surface area contributed by atoms with Crippen LogP contribution in [0.2, 0.25) is 0 Å². The molecule has 0 aliphatic rings. The molecule has 4 nitrogen and oxygen atoms in total. The number of halogens is 1. The summed E-state index contributed by atoms with van der Waals surface area (Å²) in [6.45, 7) is 0.511. The maximum Gasteiger partial charge on any atom is 0.205 e. The van der Waals surface area contributed by atoms with E-state index in [0.29, 0.717) is 17.9 Å². The summed E-state index contributed by atoms with van der Waals surface area (Å²) in [6, 6.07) is 24.7. The van der Waals surface area contributed by atoms with Crippen LogP contribution in [-0.2, 0) is 6.54 Å². The van der Waals surface area contributed by atoms with Crippen LogP contribution in [0.15, 0.2) is 78.9 Å². The van der Waals surface area contributed by atoms with Gasteiger partial charge in [-0.25, -0.2) is 4.39 Å². The average Bonchev–Trinajstić information content (AvgIpc) is 3.12. The summed E-state index contributed by atoms with van der Waals surface area (Å²) < 4.78 is 13.3. The Morgan fingerprint density at radius 1 is 0.760 bits per heavy atom. The van der Waals surface area contributed by atoms with E-state index >= 15 is 0 Å². The lowest BCUT2D eigenvalue weighted by molar-refractivity contribution is 0.573. The second-order valence-corrected chi connectivity index (χ2v) is 5.72. The van der Waals surface area contributed by atoms with Crippen LogP contribution >= 0.6 is 0 Å². The number of nitrogens with zero attached hydrogens (tertiary/aromatic N) is 4. The quantitative estimate of drug-likeness (QED) is 0.563. The number of rotatable bonds is 4. The van der Waals surface area contributed by atoms with Crippen LogP contribution in [-0.4, -0.2) is 20.2 Å².